The van der Waals surface area contributed by atoms with Crippen LogP contribution in [0.3, 0.4) is 0 Å². The molecule has 0 bridgehead atoms. The van der Waals surface area contributed by atoms with Gasteiger partial charge >= 0.3 is 6.03 Å². The zero-order valence-electron chi connectivity index (χ0n) is 14.7. The Hall–Kier alpha value is -2.51. The van der Waals surface area contributed by atoms with Gasteiger partial charge in [-0.3, -0.25) is 0 Å². The van der Waals surface area contributed by atoms with Crippen LogP contribution in [0.15, 0.2) is 36.4 Å². The third kappa shape index (κ3) is 2.83. The summed E-state index contributed by atoms with van der Waals surface area (Å²) in [6.45, 7) is 4.69. The summed E-state index contributed by atoms with van der Waals surface area (Å²) in [5.74, 6) is 0. The summed E-state index contributed by atoms with van der Waals surface area (Å²) in [6.07, 6.45) is 0.521. The van der Waals surface area contributed by atoms with Crippen LogP contribution in [0.4, 0.5) is 10.5 Å². The molecule has 3 aromatic rings. The Kier molecular flexibility index (Phi) is 4.13. The van der Waals surface area contributed by atoms with E-state index in [4.69, 9.17) is 0 Å². The van der Waals surface area contributed by atoms with Crippen molar-refractivity contribution in [2.24, 2.45) is 0 Å². The number of aromatic nitrogens is 2. The van der Waals surface area contributed by atoms with E-state index in [9.17, 15) is 9.90 Å². The fourth-order valence-corrected chi connectivity index (χ4v) is 4.12. The number of benzene rings is 2. The highest BCUT2D eigenvalue weighted by Crippen LogP contribution is 2.34. The molecule has 0 unspecified atom stereocenters. The second-order valence-corrected chi connectivity index (χ2v) is 7.37. The minimum absolute atomic E-state index is 0.224. The molecule has 0 aliphatic carbocycles. The van der Waals surface area contributed by atoms with Crippen molar-refractivity contribution in [2.75, 3.05) is 18.4 Å². The van der Waals surface area contributed by atoms with E-state index in [-0.39, 0.29) is 12.6 Å². The number of amides is 2. The Labute approximate surface area is 155 Å². The molecule has 7 heteroatoms. The molecule has 26 heavy (non-hydrogen) atoms. The number of carbonyl (C=O) groups is 1. The number of urea groups is 1. The number of hydrogen-bond donors (Lipinski definition) is 2. The predicted molar refractivity (Wildman–Crippen MR) is 102 cm³/mol. The van der Waals surface area contributed by atoms with E-state index in [2.05, 4.69) is 14.1 Å². The van der Waals surface area contributed by atoms with E-state index in [1.165, 1.54) is 0 Å². The van der Waals surface area contributed by atoms with Crippen molar-refractivity contribution in [2.45, 2.75) is 25.9 Å². The highest BCUT2D eigenvalue weighted by Gasteiger charge is 2.40. The molecule has 2 aromatic carbocycles. The number of anilines is 1. The van der Waals surface area contributed by atoms with E-state index in [1.54, 1.807) is 4.90 Å². The first-order chi connectivity index (χ1) is 12.5. The maximum Gasteiger partial charge on any atom is 0.322 e. The molecule has 1 fully saturated rings. The highest BCUT2D eigenvalue weighted by molar-refractivity contribution is 7.00. The molecular formula is C19H20N4O2S. The quantitative estimate of drug-likeness (QED) is 0.726. The van der Waals surface area contributed by atoms with Crippen LogP contribution in [0.25, 0.3) is 11.0 Å². The molecule has 1 aromatic heterocycles. The molecular weight excluding hydrogens is 348 g/mol. The molecule has 2 amide bonds. The first-order valence-electron chi connectivity index (χ1n) is 8.54. The van der Waals surface area contributed by atoms with Crippen LogP contribution in [0.1, 0.15) is 23.1 Å². The van der Waals surface area contributed by atoms with E-state index in [0.717, 1.165) is 33.9 Å². The van der Waals surface area contributed by atoms with Gasteiger partial charge in [-0.15, -0.1) is 0 Å². The predicted octanol–water partition coefficient (Wildman–Crippen LogP) is 3.43. The van der Waals surface area contributed by atoms with Crippen LogP contribution >= 0.6 is 11.7 Å². The number of hydrogen-bond acceptors (Lipinski definition) is 5. The lowest BCUT2D eigenvalue weighted by atomic mass is 9.89. The molecule has 2 heterocycles. The lowest BCUT2D eigenvalue weighted by Gasteiger charge is -2.25. The summed E-state index contributed by atoms with van der Waals surface area (Å²) in [6, 6.07) is 11.4. The van der Waals surface area contributed by atoms with Crippen LogP contribution in [0.5, 0.6) is 0 Å². The normalized spacial score (nSPS) is 19.9. The second-order valence-electron chi connectivity index (χ2n) is 6.84. The molecule has 1 saturated heterocycles. The lowest BCUT2D eigenvalue weighted by molar-refractivity contribution is 0.0494. The van der Waals surface area contributed by atoms with Crippen LogP contribution < -0.4 is 5.32 Å². The molecule has 0 radical (unpaired) electrons. The van der Waals surface area contributed by atoms with Gasteiger partial charge in [-0.1, -0.05) is 30.3 Å². The molecule has 1 aliphatic heterocycles. The molecule has 1 atom stereocenters. The van der Waals surface area contributed by atoms with Crippen molar-refractivity contribution in [1.29, 1.82) is 0 Å². The molecule has 1 aliphatic rings. The molecule has 0 saturated carbocycles. The Bertz CT molecular complexity index is 987. The zero-order chi connectivity index (χ0) is 18.3. The average molecular weight is 368 g/mol. The van der Waals surface area contributed by atoms with E-state index in [0.29, 0.717) is 24.2 Å². The SMILES string of the molecule is Cc1ccccc1[C@]1(O)CCN(C(=O)Nc2c(C)ccc3nsnc23)C1. The van der Waals surface area contributed by atoms with E-state index < -0.39 is 5.60 Å². The van der Waals surface area contributed by atoms with Gasteiger partial charge in [0.1, 0.15) is 16.6 Å². The molecule has 6 nitrogen and oxygen atoms in total. The van der Waals surface area contributed by atoms with E-state index in [1.807, 2.05) is 50.2 Å². The summed E-state index contributed by atoms with van der Waals surface area (Å²) < 4.78 is 8.52. The van der Waals surface area contributed by atoms with Crippen molar-refractivity contribution < 1.29 is 9.90 Å². The Balaban J connectivity index is 1.56. The van der Waals surface area contributed by atoms with Gasteiger partial charge in [-0.05, 0) is 43.0 Å². The number of fused-ring (bicyclic) bond motifs is 1. The topological polar surface area (TPSA) is 78.4 Å². The Morgan fingerprint density at radius 3 is 2.81 bits per heavy atom. The smallest absolute Gasteiger partial charge is 0.322 e. The van der Waals surface area contributed by atoms with Gasteiger partial charge in [0.25, 0.3) is 0 Å². The first kappa shape index (κ1) is 16.9. The maximum absolute atomic E-state index is 12.8. The standard InChI is InChI=1S/C19H20N4O2S/c1-12-5-3-4-6-14(12)19(25)9-10-23(11-19)18(24)20-16-13(2)7-8-15-17(16)22-26-21-15/h3-8,25H,9-11H2,1-2H3,(H,20,24)/t19-/m0/s1. The summed E-state index contributed by atoms with van der Waals surface area (Å²) in [5.41, 5.74) is 4.01. The zero-order valence-corrected chi connectivity index (χ0v) is 15.5. The lowest BCUT2D eigenvalue weighted by Crippen LogP contribution is -2.37. The van der Waals surface area contributed by atoms with Gasteiger partial charge in [0.15, 0.2) is 0 Å². The van der Waals surface area contributed by atoms with Crippen LogP contribution in [0.2, 0.25) is 0 Å². The monoisotopic (exact) mass is 368 g/mol. The maximum atomic E-state index is 12.8. The minimum atomic E-state index is -1.01. The first-order valence-corrected chi connectivity index (χ1v) is 9.27. The van der Waals surface area contributed by atoms with Crippen molar-refractivity contribution in [1.82, 2.24) is 13.6 Å². The van der Waals surface area contributed by atoms with Crippen LogP contribution in [0, 0.1) is 13.8 Å². The number of nitrogens with zero attached hydrogens (tertiary/aromatic N) is 3. The van der Waals surface area contributed by atoms with Gasteiger partial charge in [0.05, 0.1) is 24.0 Å². The molecule has 4 rings (SSSR count). The summed E-state index contributed by atoms with van der Waals surface area (Å²) in [4.78, 5) is 14.5. The number of β-amino-alcohol motifs (C(OH)–C–C–N with tert-alkyl or cyclic N) is 1. The fraction of sp³-hybridized carbons (Fsp3) is 0.316. The average Bonchev–Trinajstić information content (AvgIpc) is 3.25. The third-order valence-electron chi connectivity index (χ3n) is 5.05. The number of nitrogens with one attached hydrogen (secondary N) is 1. The Morgan fingerprint density at radius 2 is 2.00 bits per heavy atom. The van der Waals surface area contributed by atoms with Crippen molar-refractivity contribution in [3.05, 3.63) is 53.1 Å². The number of likely N-dealkylation sites (tertiary alicyclic amines) is 1. The third-order valence-corrected chi connectivity index (χ3v) is 5.59. The van der Waals surface area contributed by atoms with Crippen LogP contribution in [-0.4, -0.2) is 37.9 Å². The van der Waals surface area contributed by atoms with Gasteiger partial charge < -0.3 is 15.3 Å². The van der Waals surface area contributed by atoms with Gasteiger partial charge in [-0.2, -0.15) is 8.75 Å². The van der Waals surface area contributed by atoms with Crippen LogP contribution in [-0.2, 0) is 5.60 Å². The molecule has 0 spiro atoms. The Morgan fingerprint density at radius 1 is 1.19 bits per heavy atom. The van der Waals surface area contributed by atoms with Gasteiger partial charge in [-0.25, -0.2) is 4.79 Å². The molecule has 2 N–H and O–H groups in total. The van der Waals surface area contributed by atoms with Crippen molar-refractivity contribution in [3.8, 4) is 0 Å². The summed E-state index contributed by atoms with van der Waals surface area (Å²) in [7, 11) is 0. The van der Waals surface area contributed by atoms with Crippen molar-refractivity contribution >= 4 is 34.5 Å². The number of rotatable bonds is 2. The van der Waals surface area contributed by atoms with E-state index >= 15 is 0 Å². The fourth-order valence-electron chi connectivity index (χ4n) is 3.58. The van der Waals surface area contributed by atoms with Crippen molar-refractivity contribution in [3.63, 3.8) is 0 Å². The number of aliphatic hydroxyl groups is 1. The largest absolute Gasteiger partial charge is 0.383 e. The second kappa shape index (κ2) is 6.34. The number of aryl methyl sites for hydroxylation is 2. The summed E-state index contributed by atoms with van der Waals surface area (Å²) in [5, 5.41) is 14.0. The highest BCUT2D eigenvalue weighted by atomic mass is 32.1. The number of carbonyl (C=O) groups excluding carboxylic acids is 1. The molecule has 134 valence electrons. The summed E-state index contributed by atoms with van der Waals surface area (Å²) >= 11 is 1.13. The van der Waals surface area contributed by atoms with Gasteiger partial charge in [0.2, 0.25) is 0 Å². The van der Waals surface area contributed by atoms with Gasteiger partial charge in [0, 0.05) is 6.54 Å². The minimum Gasteiger partial charge on any atom is -0.383 e.